The minimum atomic E-state index is 0.228. The van der Waals surface area contributed by atoms with Crippen LogP contribution >= 0.6 is 0 Å². The molecule has 0 fully saturated rings. The third-order valence-corrected chi connectivity index (χ3v) is 1.95. The maximum absolute atomic E-state index is 8.52. The van der Waals surface area contributed by atoms with Crippen molar-refractivity contribution < 1.29 is 5.11 Å². The molecule has 0 atom stereocenters. The lowest BCUT2D eigenvalue weighted by Crippen LogP contribution is -2.19. The summed E-state index contributed by atoms with van der Waals surface area (Å²) >= 11 is 0. The molecule has 0 bridgehead atoms. The number of nitrogens with one attached hydrogen (secondary N) is 1. The highest BCUT2D eigenvalue weighted by Crippen LogP contribution is 2.00. The molecule has 2 nitrogen and oxygen atoms in total. The quantitative estimate of drug-likeness (QED) is 0.643. The van der Waals surface area contributed by atoms with E-state index in [1.807, 2.05) is 6.07 Å². The molecule has 72 valence electrons. The minimum absolute atomic E-state index is 0.228. The lowest BCUT2D eigenvalue weighted by molar-refractivity contribution is 0.292. The Labute approximate surface area is 79.6 Å². The second-order valence-corrected chi connectivity index (χ2v) is 3.06. The molecule has 0 saturated heterocycles. The highest BCUT2D eigenvalue weighted by Gasteiger charge is 1.90. The van der Waals surface area contributed by atoms with Crippen molar-refractivity contribution in [2.75, 3.05) is 19.7 Å². The summed E-state index contributed by atoms with van der Waals surface area (Å²) in [7, 11) is 0. The van der Waals surface area contributed by atoms with Gasteiger partial charge in [-0.15, -0.1) is 0 Å². The molecule has 2 N–H and O–H groups in total. The van der Waals surface area contributed by atoms with Crippen molar-refractivity contribution in [3.05, 3.63) is 35.9 Å². The van der Waals surface area contributed by atoms with Crippen LogP contribution in [0.3, 0.4) is 0 Å². The van der Waals surface area contributed by atoms with E-state index in [0.717, 1.165) is 19.4 Å². The van der Waals surface area contributed by atoms with Crippen LogP contribution in [0.25, 0.3) is 0 Å². The van der Waals surface area contributed by atoms with Gasteiger partial charge in [-0.2, -0.15) is 0 Å². The summed E-state index contributed by atoms with van der Waals surface area (Å²) in [4.78, 5) is 0. The Kier molecular flexibility index (Phi) is 5.22. The van der Waals surface area contributed by atoms with E-state index in [0.29, 0.717) is 6.54 Å². The van der Waals surface area contributed by atoms with Crippen molar-refractivity contribution in [1.82, 2.24) is 5.32 Å². The fourth-order valence-corrected chi connectivity index (χ4v) is 1.27. The summed E-state index contributed by atoms with van der Waals surface area (Å²) in [5.41, 5.74) is 1.38. The second-order valence-electron chi connectivity index (χ2n) is 3.06. The van der Waals surface area contributed by atoms with Gasteiger partial charge in [-0.1, -0.05) is 30.3 Å². The largest absolute Gasteiger partial charge is 0.395 e. The van der Waals surface area contributed by atoms with Gasteiger partial charge in [0.25, 0.3) is 0 Å². The van der Waals surface area contributed by atoms with Crippen molar-refractivity contribution in [3.63, 3.8) is 0 Å². The van der Waals surface area contributed by atoms with E-state index >= 15 is 0 Å². The molecule has 0 aromatic heterocycles. The molecule has 0 unspecified atom stereocenters. The fourth-order valence-electron chi connectivity index (χ4n) is 1.27. The Balaban J connectivity index is 2.07. The van der Waals surface area contributed by atoms with Gasteiger partial charge < -0.3 is 10.4 Å². The van der Waals surface area contributed by atoms with E-state index in [9.17, 15) is 0 Å². The molecule has 0 saturated carbocycles. The van der Waals surface area contributed by atoms with Crippen LogP contribution in [-0.2, 0) is 6.42 Å². The summed E-state index contributed by atoms with van der Waals surface area (Å²) in [5.74, 6) is 0. The molecule has 0 radical (unpaired) electrons. The first kappa shape index (κ1) is 10.2. The number of aliphatic hydroxyl groups excluding tert-OH is 1. The molecule has 0 spiro atoms. The van der Waals surface area contributed by atoms with Crippen LogP contribution in [-0.4, -0.2) is 24.8 Å². The minimum Gasteiger partial charge on any atom is -0.395 e. The average molecular weight is 179 g/mol. The van der Waals surface area contributed by atoms with Crippen molar-refractivity contribution in [2.45, 2.75) is 12.8 Å². The van der Waals surface area contributed by atoms with Gasteiger partial charge in [0, 0.05) is 6.54 Å². The number of hydrogen-bond donors (Lipinski definition) is 2. The van der Waals surface area contributed by atoms with Gasteiger partial charge in [-0.05, 0) is 24.9 Å². The summed E-state index contributed by atoms with van der Waals surface area (Å²) in [6.07, 6.45) is 2.24. The van der Waals surface area contributed by atoms with Crippen LogP contribution < -0.4 is 5.32 Å². The smallest absolute Gasteiger partial charge is 0.0555 e. The van der Waals surface area contributed by atoms with E-state index in [4.69, 9.17) is 5.11 Å². The maximum atomic E-state index is 8.52. The van der Waals surface area contributed by atoms with Gasteiger partial charge in [0.1, 0.15) is 0 Å². The number of aryl methyl sites for hydroxylation is 1. The van der Waals surface area contributed by atoms with Crippen LogP contribution in [0, 0.1) is 0 Å². The molecular weight excluding hydrogens is 162 g/mol. The van der Waals surface area contributed by atoms with Gasteiger partial charge in [0.05, 0.1) is 6.61 Å². The van der Waals surface area contributed by atoms with Crippen LogP contribution in [0.1, 0.15) is 12.0 Å². The summed E-state index contributed by atoms with van der Waals surface area (Å²) < 4.78 is 0. The van der Waals surface area contributed by atoms with Crippen LogP contribution in [0.5, 0.6) is 0 Å². The third-order valence-electron chi connectivity index (χ3n) is 1.95. The number of aliphatic hydroxyl groups is 1. The zero-order valence-electron chi connectivity index (χ0n) is 7.87. The van der Waals surface area contributed by atoms with E-state index < -0.39 is 0 Å². The standard InChI is InChI=1S/C11H17NO/c13-10-9-12-8-4-7-11-5-2-1-3-6-11/h1-3,5-6,12-13H,4,7-10H2. The van der Waals surface area contributed by atoms with Crippen molar-refractivity contribution in [3.8, 4) is 0 Å². The third kappa shape index (κ3) is 4.65. The van der Waals surface area contributed by atoms with Gasteiger partial charge in [-0.25, -0.2) is 0 Å². The van der Waals surface area contributed by atoms with Crippen molar-refractivity contribution >= 4 is 0 Å². The average Bonchev–Trinajstić information content (AvgIpc) is 2.19. The summed E-state index contributed by atoms with van der Waals surface area (Å²) in [6.45, 7) is 1.91. The van der Waals surface area contributed by atoms with Crippen molar-refractivity contribution in [1.29, 1.82) is 0 Å². The number of rotatable bonds is 6. The molecule has 1 aromatic rings. The predicted octanol–water partition coefficient (Wildman–Crippen LogP) is 1.20. The topological polar surface area (TPSA) is 32.3 Å². The second kappa shape index (κ2) is 6.63. The normalized spacial score (nSPS) is 10.2. The first-order valence-electron chi connectivity index (χ1n) is 4.79. The van der Waals surface area contributed by atoms with Crippen LogP contribution in [0.4, 0.5) is 0 Å². The van der Waals surface area contributed by atoms with Gasteiger partial charge in [0.15, 0.2) is 0 Å². The van der Waals surface area contributed by atoms with E-state index in [1.54, 1.807) is 0 Å². The molecule has 1 aromatic carbocycles. The van der Waals surface area contributed by atoms with E-state index in [-0.39, 0.29) is 6.61 Å². The van der Waals surface area contributed by atoms with Crippen LogP contribution in [0.2, 0.25) is 0 Å². The molecular formula is C11H17NO. The van der Waals surface area contributed by atoms with Gasteiger partial charge in [0.2, 0.25) is 0 Å². The monoisotopic (exact) mass is 179 g/mol. The first-order valence-corrected chi connectivity index (χ1v) is 4.79. The fraction of sp³-hybridized carbons (Fsp3) is 0.455. The summed E-state index contributed by atoms with van der Waals surface area (Å²) in [6, 6.07) is 10.5. The number of benzene rings is 1. The lowest BCUT2D eigenvalue weighted by atomic mass is 10.1. The highest BCUT2D eigenvalue weighted by molar-refractivity contribution is 5.14. The molecule has 13 heavy (non-hydrogen) atoms. The van der Waals surface area contributed by atoms with Crippen LogP contribution in [0.15, 0.2) is 30.3 Å². The molecule has 2 heteroatoms. The van der Waals surface area contributed by atoms with E-state index in [1.165, 1.54) is 5.56 Å². The van der Waals surface area contributed by atoms with Gasteiger partial charge >= 0.3 is 0 Å². The molecule has 0 aliphatic rings. The maximum Gasteiger partial charge on any atom is 0.0555 e. The molecule has 0 amide bonds. The molecule has 0 aliphatic heterocycles. The number of hydrogen-bond acceptors (Lipinski definition) is 2. The first-order chi connectivity index (χ1) is 6.43. The Morgan fingerprint density at radius 3 is 2.54 bits per heavy atom. The van der Waals surface area contributed by atoms with E-state index in [2.05, 4.69) is 29.6 Å². The van der Waals surface area contributed by atoms with Crippen molar-refractivity contribution in [2.24, 2.45) is 0 Å². The SMILES string of the molecule is OCCNCCCc1ccccc1. The lowest BCUT2D eigenvalue weighted by Gasteiger charge is -2.02. The summed E-state index contributed by atoms with van der Waals surface area (Å²) in [5, 5.41) is 11.7. The zero-order valence-corrected chi connectivity index (χ0v) is 7.87. The Hall–Kier alpha value is -0.860. The Morgan fingerprint density at radius 1 is 1.08 bits per heavy atom. The molecule has 0 heterocycles. The highest BCUT2D eigenvalue weighted by atomic mass is 16.3. The Morgan fingerprint density at radius 2 is 1.85 bits per heavy atom. The molecule has 0 aliphatic carbocycles. The zero-order chi connectivity index (χ0) is 9.36. The Bertz CT molecular complexity index is 211. The predicted molar refractivity (Wildman–Crippen MR) is 54.7 cm³/mol. The van der Waals surface area contributed by atoms with Gasteiger partial charge in [-0.3, -0.25) is 0 Å². The molecule has 1 rings (SSSR count).